The minimum Gasteiger partial charge on any atom is -0.465 e. The highest BCUT2D eigenvalue weighted by atomic mass is 32.1. The van der Waals surface area contributed by atoms with Crippen molar-refractivity contribution in [1.29, 1.82) is 0 Å². The van der Waals surface area contributed by atoms with Crippen LogP contribution in [-0.2, 0) is 14.3 Å². The number of nitrogens with one attached hydrogen (secondary N) is 1. The summed E-state index contributed by atoms with van der Waals surface area (Å²) in [4.78, 5) is 36.7. The Morgan fingerprint density at radius 2 is 1.70 bits per heavy atom. The normalized spacial score (nSPS) is 10.4. The molecule has 0 saturated carbocycles. The van der Waals surface area contributed by atoms with Crippen LogP contribution in [0, 0.1) is 6.92 Å². The summed E-state index contributed by atoms with van der Waals surface area (Å²) in [6.45, 7) is 1.39. The van der Waals surface area contributed by atoms with Crippen LogP contribution in [0.25, 0.3) is 10.1 Å². The van der Waals surface area contributed by atoms with Crippen LogP contribution in [0.4, 0.5) is 5.69 Å². The van der Waals surface area contributed by atoms with Crippen molar-refractivity contribution in [2.75, 3.05) is 19.0 Å². The molecule has 2 aromatic carbocycles. The second-order valence-electron chi connectivity index (χ2n) is 5.71. The highest BCUT2D eigenvalue weighted by molar-refractivity contribution is 7.21. The number of ether oxygens (including phenoxy) is 2. The molecule has 3 rings (SSSR count). The maximum atomic E-state index is 12.3. The number of rotatable bonds is 5. The van der Waals surface area contributed by atoms with E-state index in [0.717, 1.165) is 15.6 Å². The topological polar surface area (TPSA) is 81.7 Å². The van der Waals surface area contributed by atoms with Crippen LogP contribution in [0.15, 0.2) is 48.5 Å². The molecule has 0 spiro atoms. The number of benzene rings is 2. The third kappa shape index (κ3) is 3.98. The summed E-state index contributed by atoms with van der Waals surface area (Å²) in [5.41, 5.74) is 1.35. The number of methoxy groups -OCH3 is 1. The Hall–Kier alpha value is -3.19. The molecule has 3 aromatic rings. The van der Waals surface area contributed by atoms with Crippen LogP contribution in [0.3, 0.4) is 0 Å². The van der Waals surface area contributed by atoms with E-state index in [2.05, 4.69) is 10.1 Å². The number of para-hydroxylation sites is 1. The Bertz CT molecular complexity index is 1020. The molecular formula is C20H17NO5S. The molecule has 0 unspecified atom stereocenters. The van der Waals surface area contributed by atoms with Crippen molar-refractivity contribution < 1.29 is 23.9 Å². The molecule has 0 aliphatic carbocycles. The van der Waals surface area contributed by atoms with Gasteiger partial charge in [0.2, 0.25) is 0 Å². The van der Waals surface area contributed by atoms with Crippen molar-refractivity contribution in [3.05, 3.63) is 64.5 Å². The number of carbonyl (C=O) groups is 3. The molecule has 0 fully saturated rings. The van der Waals surface area contributed by atoms with Crippen LogP contribution >= 0.6 is 11.3 Å². The summed E-state index contributed by atoms with van der Waals surface area (Å²) in [6.07, 6.45) is 0. The lowest BCUT2D eigenvalue weighted by atomic mass is 10.1. The third-order valence-corrected chi connectivity index (χ3v) is 5.22. The van der Waals surface area contributed by atoms with Gasteiger partial charge in [-0.15, -0.1) is 11.3 Å². The van der Waals surface area contributed by atoms with E-state index in [4.69, 9.17) is 4.74 Å². The first-order valence-corrected chi connectivity index (χ1v) is 8.95. The average Bonchev–Trinajstić information content (AvgIpc) is 3.03. The molecule has 1 amide bonds. The number of amides is 1. The summed E-state index contributed by atoms with van der Waals surface area (Å²) in [7, 11) is 1.26. The van der Waals surface area contributed by atoms with Crippen LogP contribution in [0.1, 0.15) is 25.6 Å². The number of fused-ring (bicyclic) bond motifs is 1. The molecule has 0 aliphatic heterocycles. The Balaban J connectivity index is 1.66. The van der Waals surface area contributed by atoms with Gasteiger partial charge in [-0.1, -0.05) is 30.3 Å². The lowest BCUT2D eigenvalue weighted by Crippen LogP contribution is -2.22. The van der Waals surface area contributed by atoms with E-state index in [0.29, 0.717) is 10.6 Å². The van der Waals surface area contributed by atoms with Crippen LogP contribution in [0.5, 0.6) is 0 Å². The van der Waals surface area contributed by atoms with Gasteiger partial charge >= 0.3 is 11.9 Å². The quantitative estimate of drug-likeness (QED) is 0.678. The highest BCUT2D eigenvalue weighted by Crippen LogP contribution is 2.31. The van der Waals surface area contributed by atoms with E-state index in [1.807, 2.05) is 31.2 Å². The van der Waals surface area contributed by atoms with Crippen LogP contribution in [-0.4, -0.2) is 31.6 Å². The smallest absolute Gasteiger partial charge is 0.349 e. The first kappa shape index (κ1) is 18.6. The first-order chi connectivity index (χ1) is 13.0. The summed E-state index contributed by atoms with van der Waals surface area (Å²) in [6, 6.07) is 14.1. The van der Waals surface area contributed by atoms with E-state index >= 15 is 0 Å². The predicted molar refractivity (Wildman–Crippen MR) is 103 cm³/mol. The van der Waals surface area contributed by atoms with E-state index in [1.165, 1.54) is 24.5 Å². The standard InChI is InChI=1S/C20H17NO5S/c1-12-13-7-4-6-10-16(13)27-18(12)20(24)26-11-17(22)21-15-9-5-3-8-14(15)19(23)25-2/h3-10H,11H2,1-2H3,(H,21,22). The van der Waals surface area contributed by atoms with Crippen LogP contribution < -0.4 is 5.32 Å². The average molecular weight is 383 g/mol. The number of aryl methyl sites for hydroxylation is 1. The van der Waals surface area contributed by atoms with Gasteiger partial charge in [-0.25, -0.2) is 9.59 Å². The Morgan fingerprint density at radius 1 is 1.00 bits per heavy atom. The number of hydrogen-bond donors (Lipinski definition) is 1. The van der Waals surface area contributed by atoms with Crippen molar-refractivity contribution in [3.63, 3.8) is 0 Å². The molecule has 1 aromatic heterocycles. The molecule has 0 atom stereocenters. The largest absolute Gasteiger partial charge is 0.465 e. The molecule has 7 heteroatoms. The highest BCUT2D eigenvalue weighted by Gasteiger charge is 2.19. The van der Waals surface area contributed by atoms with Gasteiger partial charge in [-0.05, 0) is 36.1 Å². The molecule has 0 radical (unpaired) electrons. The zero-order valence-corrected chi connectivity index (χ0v) is 15.6. The maximum absolute atomic E-state index is 12.3. The molecule has 1 N–H and O–H groups in total. The minimum absolute atomic E-state index is 0.222. The van der Waals surface area contributed by atoms with Gasteiger partial charge in [0.1, 0.15) is 4.88 Å². The summed E-state index contributed by atoms with van der Waals surface area (Å²) in [5.74, 6) is -1.66. The molecule has 0 saturated heterocycles. The van der Waals surface area contributed by atoms with Crippen molar-refractivity contribution in [2.24, 2.45) is 0 Å². The zero-order chi connectivity index (χ0) is 19.4. The monoisotopic (exact) mass is 383 g/mol. The van der Waals surface area contributed by atoms with E-state index in [9.17, 15) is 14.4 Å². The molecule has 1 heterocycles. The maximum Gasteiger partial charge on any atom is 0.349 e. The van der Waals surface area contributed by atoms with Crippen molar-refractivity contribution in [3.8, 4) is 0 Å². The fourth-order valence-corrected chi connectivity index (χ4v) is 3.73. The Kier molecular flexibility index (Phi) is 5.52. The number of esters is 2. The van der Waals surface area contributed by atoms with Crippen molar-refractivity contribution in [1.82, 2.24) is 0 Å². The first-order valence-electron chi connectivity index (χ1n) is 8.13. The number of anilines is 1. The number of carbonyl (C=O) groups excluding carboxylic acids is 3. The molecule has 0 bridgehead atoms. The van der Waals surface area contributed by atoms with E-state index in [-0.39, 0.29) is 5.56 Å². The second-order valence-corrected chi connectivity index (χ2v) is 6.77. The number of thiophene rings is 1. The molecule has 138 valence electrons. The molecule has 27 heavy (non-hydrogen) atoms. The van der Waals surface area contributed by atoms with Crippen molar-refractivity contribution >= 4 is 45.0 Å². The van der Waals surface area contributed by atoms with Gasteiger partial charge in [0, 0.05) is 4.70 Å². The van der Waals surface area contributed by atoms with Gasteiger partial charge in [0.25, 0.3) is 5.91 Å². The number of hydrogen-bond acceptors (Lipinski definition) is 6. The van der Waals surface area contributed by atoms with Crippen molar-refractivity contribution in [2.45, 2.75) is 6.92 Å². The fourth-order valence-electron chi connectivity index (χ4n) is 2.63. The fraction of sp³-hybridized carbons (Fsp3) is 0.150. The van der Waals surface area contributed by atoms with Gasteiger partial charge < -0.3 is 14.8 Å². The van der Waals surface area contributed by atoms with Gasteiger partial charge in [0.05, 0.1) is 18.4 Å². The molecular weight excluding hydrogens is 366 g/mol. The Labute approximate surface area is 159 Å². The Morgan fingerprint density at radius 3 is 2.44 bits per heavy atom. The minimum atomic E-state index is -0.566. The summed E-state index contributed by atoms with van der Waals surface area (Å²) < 4.78 is 10.8. The summed E-state index contributed by atoms with van der Waals surface area (Å²) >= 11 is 1.33. The zero-order valence-electron chi connectivity index (χ0n) is 14.8. The molecule has 0 aliphatic rings. The summed E-state index contributed by atoms with van der Waals surface area (Å²) in [5, 5.41) is 3.55. The third-order valence-electron chi connectivity index (χ3n) is 3.97. The van der Waals surface area contributed by atoms with Gasteiger partial charge in [-0.3, -0.25) is 4.79 Å². The lowest BCUT2D eigenvalue weighted by molar-refractivity contribution is -0.119. The van der Waals surface area contributed by atoms with E-state index in [1.54, 1.807) is 18.2 Å². The lowest BCUT2D eigenvalue weighted by Gasteiger charge is -2.09. The van der Waals surface area contributed by atoms with Gasteiger partial charge in [0.15, 0.2) is 6.61 Å². The van der Waals surface area contributed by atoms with E-state index < -0.39 is 24.5 Å². The molecule has 6 nitrogen and oxygen atoms in total. The van der Waals surface area contributed by atoms with Gasteiger partial charge in [-0.2, -0.15) is 0 Å². The predicted octanol–water partition coefficient (Wildman–Crippen LogP) is 3.79. The second kappa shape index (κ2) is 8.01. The SMILES string of the molecule is COC(=O)c1ccccc1NC(=O)COC(=O)c1sc2ccccc2c1C. The van der Waals surface area contributed by atoms with Crippen LogP contribution in [0.2, 0.25) is 0 Å².